The zero-order valence-electron chi connectivity index (χ0n) is 14.6. The lowest BCUT2D eigenvalue weighted by atomic mass is 10.0. The number of likely N-dealkylation sites (tertiary alicyclic amines) is 1. The van der Waals surface area contributed by atoms with Crippen LogP contribution in [0.25, 0.3) is 0 Å². The van der Waals surface area contributed by atoms with Crippen LogP contribution in [0.2, 0.25) is 0 Å². The summed E-state index contributed by atoms with van der Waals surface area (Å²) in [5.74, 6) is -0.821. The Morgan fingerprint density at radius 2 is 1.88 bits per heavy atom. The van der Waals surface area contributed by atoms with Crippen LogP contribution >= 0.6 is 0 Å². The van der Waals surface area contributed by atoms with Crippen molar-refractivity contribution in [1.82, 2.24) is 10.2 Å². The maximum atomic E-state index is 12.4. The molecule has 0 aliphatic carbocycles. The Labute approximate surface area is 150 Å². The first-order valence-electron chi connectivity index (χ1n) is 8.65. The lowest BCUT2D eigenvalue weighted by Gasteiger charge is -2.22. The minimum Gasteiger partial charge on any atom is -0.483 e. The van der Waals surface area contributed by atoms with Crippen LogP contribution in [0.1, 0.15) is 44.2 Å². The molecule has 2 amide bonds. The van der Waals surface area contributed by atoms with Crippen molar-refractivity contribution in [2.45, 2.75) is 44.8 Å². The van der Waals surface area contributed by atoms with Gasteiger partial charge in [-0.05, 0) is 25.3 Å². The molecule has 1 aliphatic heterocycles. The summed E-state index contributed by atoms with van der Waals surface area (Å²) in [4.78, 5) is 25.5. The van der Waals surface area contributed by atoms with E-state index in [0.29, 0.717) is 17.7 Å². The van der Waals surface area contributed by atoms with Crippen LogP contribution in [0.5, 0.6) is 5.75 Å². The Kier molecular flexibility index (Phi) is 6.88. The van der Waals surface area contributed by atoms with Gasteiger partial charge in [0.15, 0.2) is 6.61 Å². The van der Waals surface area contributed by atoms with Gasteiger partial charge < -0.3 is 15.0 Å². The third-order valence-electron chi connectivity index (χ3n) is 4.21. The van der Waals surface area contributed by atoms with Crippen molar-refractivity contribution in [1.29, 1.82) is 0 Å². The summed E-state index contributed by atoms with van der Waals surface area (Å²) in [5.41, 5.74) is 0.555. The molecule has 5 nitrogen and oxygen atoms in total. The summed E-state index contributed by atoms with van der Waals surface area (Å²) < 4.78 is 42.7. The molecule has 8 heteroatoms. The third-order valence-corrected chi connectivity index (χ3v) is 4.21. The second-order valence-corrected chi connectivity index (χ2v) is 6.23. The Balaban J connectivity index is 2.03. The molecule has 0 aromatic heterocycles. The average Bonchev–Trinajstić information content (AvgIpc) is 3.11. The number of halogens is 3. The molecular weight excluding hydrogens is 349 g/mol. The third kappa shape index (κ3) is 5.93. The molecule has 0 unspecified atom stereocenters. The van der Waals surface area contributed by atoms with Crippen molar-refractivity contribution >= 4 is 11.8 Å². The van der Waals surface area contributed by atoms with Gasteiger partial charge in [0.25, 0.3) is 5.91 Å². The molecule has 0 bridgehead atoms. The molecule has 144 valence electrons. The number of carbonyl (C=O) groups is 2. The molecule has 1 aliphatic rings. The van der Waals surface area contributed by atoms with E-state index in [1.54, 1.807) is 36.1 Å². The van der Waals surface area contributed by atoms with Gasteiger partial charge >= 0.3 is 6.18 Å². The van der Waals surface area contributed by atoms with E-state index in [-0.39, 0.29) is 12.5 Å². The van der Waals surface area contributed by atoms with Gasteiger partial charge in [-0.1, -0.05) is 25.1 Å². The number of hydrogen-bond donors (Lipinski definition) is 1. The predicted molar refractivity (Wildman–Crippen MR) is 89.6 cm³/mol. The van der Waals surface area contributed by atoms with E-state index in [1.807, 2.05) is 0 Å². The summed E-state index contributed by atoms with van der Waals surface area (Å²) in [6.07, 6.45) is -3.73. The number of nitrogens with one attached hydrogen (secondary N) is 1. The number of alkyl halides is 3. The van der Waals surface area contributed by atoms with Gasteiger partial charge in [0.1, 0.15) is 12.2 Å². The summed E-state index contributed by atoms with van der Waals surface area (Å²) in [7, 11) is 0. The second kappa shape index (κ2) is 8.91. The molecule has 1 aromatic rings. The first kappa shape index (κ1) is 20.1. The van der Waals surface area contributed by atoms with Gasteiger partial charge in [-0.2, -0.15) is 13.2 Å². The summed E-state index contributed by atoms with van der Waals surface area (Å²) in [6.45, 7) is 3.05. The van der Waals surface area contributed by atoms with Gasteiger partial charge in [0.05, 0.1) is 6.04 Å². The average molecular weight is 372 g/mol. The van der Waals surface area contributed by atoms with Crippen LogP contribution in [0.15, 0.2) is 24.3 Å². The number of rotatable bonds is 7. The standard InChI is InChI=1S/C18H23F3N2O3/c1-2-14(22-16(24)11-18(19,20)21)13-7-3-4-8-15(13)26-12-17(25)23-9-5-6-10-23/h3-4,7-8,14H,2,5-6,9-12H2,1H3,(H,22,24)/t14-/m0/s1. The zero-order chi connectivity index (χ0) is 19.2. The van der Waals surface area contributed by atoms with Crippen molar-refractivity contribution in [2.24, 2.45) is 0 Å². The van der Waals surface area contributed by atoms with Crippen LogP contribution < -0.4 is 10.1 Å². The topological polar surface area (TPSA) is 58.6 Å². The molecule has 0 radical (unpaired) electrons. The van der Waals surface area contributed by atoms with E-state index < -0.39 is 24.5 Å². The number of ether oxygens (including phenoxy) is 1. The minimum absolute atomic E-state index is 0.119. The fraction of sp³-hybridized carbons (Fsp3) is 0.556. The quantitative estimate of drug-likeness (QED) is 0.800. The number of hydrogen-bond acceptors (Lipinski definition) is 3. The molecular formula is C18H23F3N2O3. The Morgan fingerprint density at radius 3 is 2.50 bits per heavy atom. The molecule has 1 atom stereocenters. The first-order valence-corrected chi connectivity index (χ1v) is 8.65. The Bertz CT molecular complexity index is 628. The predicted octanol–water partition coefficient (Wildman–Crippen LogP) is 3.21. The van der Waals surface area contributed by atoms with Gasteiger partial charge in [-0.25, -0.2) is 0 Å². The number of benzene rings is 1. The lowest BCUT2D eigenvalue weighted by molar-refractivity contribution is -0.154. The fourth-order valence-corrected chi connectivity index (χ4v) is 2.92. The highest BCUT2D eigenvalue weighted by Gasteiger charge is 2.32. The Hall–Kier alpha value is -2.25. The lowest BCUT2D eigenvalue weighted by Crippen LogP contribution is -2.33. The molecule has 1 aromatic carbocycles. The van der Waals surface area contributed by atoms with Crippen LogP contribution in [0.3, 0.4) is 0 Å². The number of nitrogens with zero attached hydrogens (tertiary/aromatic N) is 1. The molecule has 1 N–H and O–H groups in total. The van der Waals surface area contributed by atoms with Gasteiger partial charge in [0.2, 0.25) is 5.91 Å². The first-order chi connectivity index (χ1) is 12.3. The highest BCUT2D eigenvalue weighted by atomic mass is 19.4. The van der Waals surface area contributed by atoms with Crippen LogP contribution in [0, 0.1) is 0 Å². The molecule has 1 fully saturated rings. The summed E-state index contributed by atoms with van der Waals surface area (Å²) in [6, 6.07) is 6.12. The van der Waals surface area contributed by atoms with E-state index >= 15 is 0 Å². The van der Waals surface area contributed by atoms with Crippen LogP contribution in [0.4, 0.5) is 13.2 Å². The maximum Gasteiger partial charge on any atom is 0.397 e. The normalized spacial score (nSPS) is 15.6. The van der Waals surface area contributed by atoms with E-state index in [4.69, 9.17) is 4.74 Å². The molecule has 0 saturated carbocycles. The molecule has 1 heterocycles. The van der Waals surface area contributed by atoms with Crippen molar-refractivity contribution < 1.29 is 27.5 Å². The van der Waals surface area contributed by atoms with Gasteiger partial charge in [-0.3, -0.25) is 9.59 Å². The van der Waals surface area contributed by atoms with E-state index in [1.165, 1.54) is 0 Å². The maximum absolute atomic E-state index is 12.4. The highest BCUT2D eigenvalue weighted by molar-refractivity contribution is 5.78. The van der Waals surface area contributed by atoms with E-state index in [9.17, 15) is 22.8 Å². The summed E-state index contributed by atoms with van der Waals surface area (Å²) in [5, 5.41) is 2.39. The summed E-state index contributed by atoms with van der Waals surface area (Å²) >= 11 is 0. The van der Waals surface area contributed by atoms with Gasteiger partial charge in [0, 0.05) is 18.7 Å². The monoisotopic (exact) mass is 372 g/mol. The molecule has 0 spiro atoms. The largest absolute Gasteiger partial charge is 0.483 e. The number of para-hydroxylation sites is 1. The SMILES string of the molecule is CC[C@H](NC(=O)CC(F)(F)F)c1ccccc1OCC(=O)N1CCCC1. The van der Waals surface area contributed by atoms with Crippen molar-refractivity contribution in [3.05, 3.63) is 29.8 Å². The van der Waals surface area contributed by atoms with Crippen LogP contribution in [-0.2, 0) is 9.59 Å². The smallest absolute Gasteiger partial charge is 0.397 e. The Morgan fingerprint density at radius 1 is 1.23 bits per heavy atom. The van der Waals surface area contributed by atoms with Crippen molar-refractivity contribution in [2.75, 3.05) is 19.7 Å². The van der Waals surface area contributed by atoms with Gasteiger partial charge in [-0.15, -0.1) is 0 Å². The van der Waals surface area contributed by atoms with E-state index in [0.717, 1.165) is 25.9 Å². The number of amides is 2. The fourth-order valence-electron chi connectivity index (χ4n) is 2.92. The van der Waals surface area contributed by atoms with Crippen molar-refractivity contribution in [3.8, 4) is 5.75 Å². The van der Waals surface area contributed by atoms with Crippen LogP contribution in [-0.4, -0.2) is 42.6 Å². The molecule has 1 saturated heterocycles. The molecule has 26 heavy (non-hydrogen) atoms. The second-order valence-electron chi connectivity index (χ2n) is 6.23. The van der Waals surface area contributed by atoms with E-state index in [2.05, 4.69) is 5.32 Å². The molecule has 2 rings (SSSR count). The zero-order valence-corrected chi connectivity index (χ0v) is 14.6. The highest BCUT2D eigenvalue weighted by Crippen LogP contribution is 2.28. The minimum atomic E-state index is -4.56. The van der Waals surface area contributed by atoms with Crippen molar-refractivity contribution in [3.63, 3.8) is 0 Å². The number of carbonyl (C=O) groups excluding carboxylic acids is 2.